The first-order valence-electron chi connectivity index (χ1n) is 6.29. The van der Waals surface area contributed by atoms with Crippen LogP contribution >= 0.6 is 15.9 Å². The van der Waals surface area contributed by atoms with Crippen molar-refractivity contribution >= 4 is 31.7 Å². The number of hydrogen-bond donors (Lipinski definition) is 1. The van der Waals surface area contributed by atoms with E-state index in [4.69, 9.17) is 5.11 Å². The Balaban J connectivity index is 3.09. The fourth-order valence-electron chi connectivity index (χ4n) is 1.83. The molecule has 1 rings (SSSR count). The number of sulfone groups is 1. The average Bonchev–Trinajstić information content (AvgIpc) is 2.39. The van der Waals surface area contributed by atoms with E-state index in [-0.39, 0.29) is 16.2 Å². The van der Waals surface area contributed by atoms with E-state index in [1.54, 1.807) is 0 Å². The van der Waals surface area contributed by atoms with Gasteiger partial charge in [0.15, 0.2) is 9.84 Å². The molecule has 0 heterocycles. The van der Waals surface area contributed by atoms with Crippen LogP contribution in [-0.4, -0.2) is 49.8 Å². The van der Waals surface area contributed by atoms with Gasteiger partial charge in [-0.2, -0.15) is 0 Å². The quantitative estimate of drug-likeness (QED) is 0.803. The van der Waals surface area contributed by atoms with Crippen molar-refractivity contribution in [3.8, 4) is 0 Å². The predicted octanol–water partition coefficient (Wildman–Crippen LogP) is 2.26. The van der Waals surface area contributed by atoms with Crippen LogP contribution in [0.15, 0.2) is 27.6 Å². The maximum atomic E-state index is 12.3. The highest BCUT2D eigenvalue weighted by Gasteiger charge is 2.23. The van der Waals surface area contributed by atoms with Crippen LogP contribution < -0.4 is 0 Å². The minimum Gasteiger partial charge on any atom is -0.478 e. The summed E-state index contributed by atoms with van der Waals surface area (Å²) in [4.78, 5) is 13.0. The Labute approximate surface area is 127 Å². The Hall–Kier alpha value is -0.920. The molecule has 0 fully saturated rings. The summed E-state index contributed by atoms with van der Waals surface area (Å²) in [5.41, 5.74) is -0.187. The van der Waals surface area contributed by atoms with E-state index in [1.807, 2.05) is 18.7 Å². The lowest BCUT2D eigenvalue weighted by Gasteiger charge is -2.18. The molecule has 0 bridgehead atoms. The van der Waals surface area contributed by atoms with Crippen molar-refractivity contribution in [3.05, 3.63) is 28.2 Å². The van der Waals surface area contributed by atoms with Crippen LogP contribution in [0.5, 0.6) is 0 Å². The number of carbonyl (C=O) groups is 1. The molecular weight excluding hydrogens is 346 g/mol. The van der Waals surface area contributed by atoms with E-state index in [0.717, 1.165) is 13.1 Å². The van der Waals surface area contributed by atoms with Crippen molar-refractivity contribution in [2.45, 2.75) is 18.7 Å². The predicted molar refractivity (Wildman–Crippen MR) is 80.9 cm³/mol. The second-order valence-electron chi connectivity index (χ2n) is 4.29. The van der Waals surface area contributed by atoms with Gasteiger partial charge in [0.05, 0.1) is 16.2 Å². The third-order valence-corrected chi connectivity index (χ3v) is 5.30. The summed E-state index contributed by atoms with van der Waals surface area (Å²) in [5.74, 6) is -1.33. The lowest BCUT2D eigenvalue weighted by Crippen LogP contribution is -2.29. The summed E-state index contributed by atoms with van der Waals surface area (Å²) >= 11 is 3.18. The molecule has 0 radical (unpaired) electrons. The van der Waals surface area contributed by atoms with Gasteiger partial charge >= 0.3 is 5.97 Å². The molecule has 0 atom stereocenters. The first-order chi connectivity index (χ1) is 9.31. The number of carboxylic acids is 1. The number of hydrogen-bond acceptors (Lipinski definition) is 4. The SMILES string of the molecule is CCN(CC)CCS(=O)(=O)c1cc(Br)ccc1C(=O)O. The Morgan fingerprint density at radius 1 is 1.30 bits per heavy atom. The van der Waals surface area contributed by atoms with Crippen LogP contribution in [0.2, 0.25) is 0 Å². The fraction of sp³-hybridized carbons (Fsp3) is 0.462. The summed E-state index contributed by atoms with van der Waals surface area (Å²) in [5, 5.41) is 9.10. The van der Waals surface area contributed by atoms with Gasteiger partial charge in [-0.15, -0.1) is 0 Å². The Kier molecular flexibility index (Phi) is 6.16. The van der Waals surface area contributed by atoms with Crippen molar-refractivity contribution < 1.29 is 18.3 Å². The summed E-state index contributed by atoms with van der Waals surface area (Å²) in [6.45, 7) is 5.82. The van der Waals surface area contributed by atoms with Gasteiger partial charge in [0.2, 0.25) is 0 Å². The van der Waals surface area contributed by atoms with Gasteiger partial charge in [0.25, 0.3) is 0 Å². The zero-order valence-electron chi connectivity index (χ0n) is 11.5. The van der Waals surface area contributed by atoms with Crippen molar-refractivity contribution in [1.29, 1.82) is 0 Å². The molecule has 1 aromatic carbocycles. The first-order valence-corrected chi connectivity index (χ1v) is 8.74. The van der Waals surface area contributed by atoms with Crippen molar-refractivity contribution in [2.75, 3.05) is 25.4 Å². The molecule has 0 amide bonds. The van der Waals surface area contributed by atoms with Gasteiger partial charge in [0, 0.05) is 11.0 Å². The molecule has 0 aliphatic rings. The van der Waals surface area contributed by atoms with Crippen molar-refractivity contribution in [1.82, 2.24) is 4.90 Å². The molecule has 0 unspecified atom stereocenters. The normalized spacial score (nSPS) is 11.8. The standard InChI is InChI=1S/C13H18BrNO4S/c1-3-15(4-2)7-8-20(18,19)12-9-10(14)5-6-11(12)13(16)17/h5-6,9H,3-4,7-8H2,1-2H3,(H,16,17). The van der Waals surface area contributed by atoms with Crippen LogP contribution in [-0.2, 0) is 9.84 Å². The Morgan fingerprint density at radius 2 is 1.90 bits per heavy atom. The molecular formula is C13H18BrNO4S. The molecule has 5 nitrogen and oxygen atoms in total. The van der Waals surface area contributed by atoms with Crippen LogP contribution in [0.3, 0.4) is 0 Å². The lowest BCUT2D eigenvalue weighted by atomic mass is 10.2. The molecule has 0 spiro atoms. The highest BCUT2D eigenvalue weighted by Crippen LogP contribution is 2.22. The van der Waals surface area contributed by atoms with Crippen LogP contribution in [0, 0.1) is 0 Å². The maximum Gasteiger partial charge on any atom is 0.337 e. The zero-order chi connectivity index (χ0) is 15.3. The first kappa shape index (κ1) is 17.1. The van der Waals surface area contributed by atoms with E-state index in [2.05, 4.69) is 15.9 Å². The zero-order valence-corrected chi connectivity index (χ0v) is 13.9. The van der Waals surface area contributed by atoms with Gasteiger partial charge in [-0.05, 0) is 31.3 Å². The van der Waals surface area contributed by atoms with Gasteiger partial charge in [0.1, 0.15) is 0 Å². The van der Waals surface area contributed by atoms with Gasteiger partial charge in [-0.25, -0.2) is 13.2 Å². The molecule has 1 N–H and O–H groups in total. The average molecular weight is 364 g/mol. The van der Waals surface area contributed by atoms with Gasteiger partial charge < -0.3 is 10.0 Å². The van der Waals surface area contributed by atoms with Gasteiger partial charge in [-0.3, -0.25) is 0 Å². The third kappa shape index (κ3) is 4.29. The van der Waals surface area contributed by atoms with Crippen LogP contribution in [0.4, 0.5) is 0 Å². The van der Waals surface area contributed by atoms with Crippen LogP contribution in [0.1, 0.15) is 24.2 Å². The minimum atomic E-state index is -3.63. The monoisotopic (exact) mass is 363 g/mol. The Morgan fingerprint density at radius 3 is 2.40 bits per heavy atom. The number of benzene rings is 1. The number of aromatic carboxylic acids is 1. The smallest absolute Gasteiger partial charge is 0.337 e. The van der Waals surface area contributed by atoms with E-state index in [0.29, 0.717) is 11.0 Å². The lowest BCUT2D eigenvalue weighted by molar-refractivity contribution is 0.0692. The van der Waals surface area contributed by atoms with E-state index in [1.165, 1.54) is 18.2 Å². The van der Waals surface area contributed by atoms with E-state index >= 15 is 0 Å². The summed E-state index contributed by atoms with van der Waals surface area (Å²) in [6.07, 6.45) is 0. The summed E-state index contributed by atoms with van der Waals surface area (Å²) in [7, 11) is -3.63. The second kappa shape index (κ2) is 7.19. The molecule has 20 heavy (non-hydrogen) atoms. The van der Waals surface area contributed by atoms with Crippen LogP contribution in [0.25, 0.3) is 0 Å². The molecule has 0 aromatic heterocycles. The molecule has 112 valence electrons. The summed E-state index contributed by atoms with van der Waals surface area (Å²) in [6, 6.07) is 4.17. The molecule has 0 saturated carbocycles. The van der Waals surface area contributed by atoms with Gasteiger partial charge in [-0.1, -0.05) is 29.8 Å². The highest BCUT2D eigenvalue weighted by atomic mass is 79.9. The Bertz CT molecular complexity index is 582. The largest absolute Gasteiger partial charge is 0.478 e. The number of nitrogens with zero attached hydrogens (tertiary/aromatic N) is 1. The fourth-order valence-corrected chi connectivity index (χ4v) is 3.86. The number of rotatable bonds is 7. The maximum absolute atomic E-state index is 12.3. The number of carboxylic acid groups (broad SMARTS) is 1. The third-order valence-electron chi connectivity index (χ3n) is 3.08. The molecule has 0 aliphatic heterocycles. The van der Waals surface area contributed by atoms with E-state index < -0.39 is 15.8 Å². The summed E-state index contributed by atoms with van der Waals surface area (Å²) < 4.78 is 25.2. The van der Waals surface area contributed by atoms with E-state index in [9.17, 15) is 13.2 Å². The second-order valence-corrected chi connectivity index (χ2v) is 7.28. The van der Waals surface area contributed by atoms with Crippen molar-refractivity contribution in [2.24, 2.45) is 0 Å². The molecule has 7 heteroatoms. The molecule has 0 aliphatic carbocycles. The topological polar surface area (TPSA) is 74.7 Å². The molecule has 1 aromatic rings. The van der Waals surface area contributed by atoms with Crippen molar-refractivity contribution in [3.63, 3.8) is 0 Å². The molecule has 0 saturated heterocycles. The number of halogens is 1. The minimum absolute atomic E-state index is 0.0919. The highest BCUT2D eigenvalue weighted by molar-refractivity contribution is 9.10.